The van der Waals surface area contributed by atoms with Crippen molar-refractivity contribution in [3.63, 3.8) is 0 Å². The minimum Gasteiger partial charge on any atom is -0.355 e. The van der Waals surface area contributed by atoms with Gasteiger partial charge in [0.25, 0.3) is 0 Å². The van der Waals surface area contributed by atoms with E-state index in [0.29, 0.717) is 52.3 Å². The van der Waals surface area contributed by atoms with E-state index >= 15 is 0 Å². The third-order valence-corrected chi connectivity index (χ3v) is 6.43. The highest BCUT2D eigenvalue weighted by atomic mass is 35.5. The van der Waals surface area contributed by atoms with Gasteiger partial charge in [-0.3, -0.25) is 9.00 Å². The minimum absolute atomic E-state index is 0.0465. The normalized spacial score (nSPS) is 16.0. The molecular weight excluding hydrogens is 415 g/mol. The number of aromatic nitrogens is 2. The van der Waals surface area contributed by atoms with Crippen molar-refractivity contribution < 1.29 is 13.4 Å². The van der Waals surface area contributed by atoms with Crippen LogP contribution in [0.4, 0.5) is 15.9 Å². The van der Waals surface area contributed by atoms with Crippen LogP contribution >= 0.6 is 11.6 Å². The van der Waals surface area contributed by atoms with Gasteiger partial charge >= 0.3 is 0 Å². The lowest BCUT2D eigenvalue weighted by Crippen LogP contribution is -2.42. The second-order valence-corrected chi connectivity index (χ2v) is 9.81. The van der Waals surface area contributed by atoms with Crippen molar-refractivity contribution >= 4 is 39.8 Å². The molecule has 0 saturated carbocycles. The lowest BCUT2D eigenvalue weighted by molar-refractivity contribution is -0.125. The monoisotopic (exact) mass is 438 g/mol. The average Bonchev–Trinajstić information content (AvgIpc) is 3.00. The maximum atomic E-state index is 14.9. The molecule has 1 aromatic carbocycles. The number of fused-ring (bicyclic) bond motifs is 1. The Kier molecular flexibility index (Phi) is 6.24. The van der Waals surface area contributed by atoms with E-state index in [1.54, 1.807) is 26.0 Å². The molecule has 0 radical (unpaired) electrons. The predicted octanol–water partition coefficient (Wildman–Crippen LogP) is 3.73. The van der Waals surface area contributed by atoms with E-state index in [2.05, 4.69) is 20.6 Å². The van der Waals surface area contributed by atoms with Crippen molar-refractivity contribution in [2.75, 3.05) is 17.6 Å². The Morgan fingerprint density at radius 3 is 2.72 bits per heavy atom. The van der Waals surface area contributed by atoms with Crippen LogP contribution < -0.4 is 10.6 Å². The van der Waals surface area contributed by atoms with Crippen LogP contribution in [0, 0.1) is 11.7 Å². The molecule has 6 nitrogen and oxygen atoms in total. The van der Waals surface area contributed by atoms with Crippen LogP contribution in [-0.4, -0.2) is 32.4 Å². The standard InChI is InChI=1S/C20H24ClFN4O2S/c1-11(2)10-23-18(27)20(3,4)13-6-5-12(9-14(13)22)24-17-16-15(7-8-29(16)28)25-19(21)26-17/h5-6,9,11H,7-8,10H2,1-4H3,(H,23,27)(H,24,25,26)/t29-/m1/s1. The van der Waals surface area contributed by atoms with Gasteiger partial charge in [-0.05, 0) is 43.5 Å². The molecule has 0 fully saturated rings. The Balaban J connectivity index is 1.86. The summed E-state index contributed by atoms with van der Waals surface area (Å²) >= 11 is 5.97. The van der Waals surface area contributed by atoms with Gasteiger partial charge in [-0.15, -0.1) is 0 Å². The number of carbonyl (C=O) groups excluding carboxylic acids is 1. The molecule has 1 amide bonds. The summed E-state index contributed by atoms with van der Waals surface area (Å²) in [7, 11) is -1.22. The first-order valence-electron chi connectivity index (χ1n) is 9.39. The first-order chi connectivity index (χ1) is 13.6. The van der Waals surface area contributed by atoms with Crippen LogP contribution in [0.3, 0.4) is 0 Å². The molecule has 3 rings (SSSR count). The number of aryl methyl sites for hydroxylation is 1. The summed E-state index contributed by atoms with van der Waals surface area (Å²) in [5.41, 5.74) is 0.327. The van der Waals surface area contributed by atoms with Crippen LogP contribution in [0.5, 0.6) is 0 Å². The molecule has 2 heterocycles. The molecule has 1 atom stereocenters. The van der Waals surface area contributed by atoms with Crippen molar-refractivity contribution in [2.24, 2.45) is 5.92 Å². The quantitative estimate of drug-likeness (QED) is 0.671. The van der Waals surface area contributed by atoms with Crippen LogP contribution in [0.15, 0.2) is 23.1 Å². The summed E-state index contributed by atoms with van der Waals surface area (Å²) in [6.45, 7) is 7.90. The molecule has 156 valence electrons. The first-order valence-corrected chi connectivity index (χ1v) is 11.1. The van der Waals surface area contributed by atoms with Crippen molar-refractivity contribution in [2.45, 2.75) is 44.4 Å². The molecule has 29 heavy (non-hydrogen) atoms. The maximum absolute atomic E-state index is 14.9. The second kappa shape index (κ2) is 8.36. The third kappa shape index (κ3) is 4.59. The molecule has 1 aliphatic heterocycles. The topological polar surface area (TPSA) is 84.0 Å². The fourth-order valence-corrected chi connectivity index (χ4v) is 4.62. The number of benzene rings is 1. The second-order valence-electron chi connectivity index (χ2n) is 7.97. The van der Waals surface area contributed by atoms with Gasteiger partial charge in [0.1, 0.15) is 10.7 Å². The zero-order valence-corrected chi connectivity index (χ0v) is 18.4. The summed E-state index contributed by atoms with van der Waals surface area (Å²) in [5.74, 6) is 0.334. The Labute approximate surface area is 177 Å². The Hall–Kier alpha value is -2.06. The number of rotatable bonds is 6. The molecule has 0 aliphatic carbocycles. The zero-order valence-electron chi connectivity index (χ0n) is 16.8. The van der Waals surface area contributed by atoms with Crippen molar-refractivity contribution in [3.05, 3.63) is 40.6 Å². The number of carbonyl (C=O) groups is 1. The van der Waals surface area contributed by atoms with Crippen LogP contribution in [0.25, 0.3) is 0 Å². The Morgan fingerprint density at radius 2 is 2.07 bits per heavy atom. The van der Waals surface area contributed by atoms with Gasteiger partial charge in [-0.1, -0.05) is 19.9 Å². The highest BCUT2D eigenvalue weighted by molar-refractivity contribution is 7.85. The molecule has 2 N–H and O–H groups in total. The predicted molar refractivity (Wildman–Crippen MR) is 113 cm³/mol. The maximum Gasteiger partial charge on any atom is 0.230 e. The van der Waals surface area contributed by atoms with E-state index in [9.17, 15) is 13.4 Å². The first kappa shape index (κ1) is 21.6. The van der Waals surface area contributed by atoms with E-state index in [1.165, 1.54) is 6.07 Å². The lowest BCUT2D eigenvalue weighted by atomic mass is 9.83. The molecule has 1 aromatic heterocycles. The van der Waals surface area contributed by atoms with E-state index in [4.69, 9.17) is 11.6 Å². The number of nitrogens with one attached hydrogen (secondary N) is 2. The molecule has 0 spiro atoms. The third-order valence-electron chi connectivity index (χ3n) is 4.80. The van der Waals surface area contributed by atoms with Crippen LogP contribution in [0.1, 0.15) is 39.0 Å². The fraction of sp³-hybridized carbons (Fsp3) is 0.450. The lowest BCUT2D eigenvalue weighted by Gasteiger charge is -2.25. The van der Waals surface area contributed by atoms with Gasteiger partial charge in [0.2, 0.25) is 11.2 Å². The minimum atomic E-state index is -1.22. The number of amides is 1. The number of nitrogens with zero attached hydrogens (tertiary/aromatic N) is 2. The highest BCUT2D eigenvalue weighted by Crippen LogP contribution is 2.33. The van der Waals surface area contributed by atoms with Gasteiger partial charge in [0.05, 0.1) is 21.9 Å². The van der Waals surface area contributed by atoms with Gasteiger partial charge in [0.15, 0.2) is 5.82 Å². The summed E-state index contributed by atoms with van der Waals surface area (Å²) in [4.78, 5) is 21.3. The molecule has 0 saturated heterocycles. The van der Waals surface area contributed by atoms with Crippen LogP contribution in [0.2, 0.25) is 5.28 Å². The van der Waals surface area contributed by atoms with Crippen molar-refractivity contribution in [1.29, 1.82) is 0 Å². The summed E-state index contributed by atoms with van der Waals surface area (Å²) in [5, 5.41) is 5.90. The molecular formula is C20H24ClFN4O2S. The SMILES string of the molecule is CC(C)CNC(=O)C(C)(C)c1ccc(Nc2nc(Cl)nc3c2[S@](=O)CC3)cc1F. The smallest absolute Gasteiger partial charge is 0.230 e. The van der Waals surface area contributed by atoms with Gasteiger partial charge in [-0.25, -0.2) is 9.37 Å². The number of anilines is 2. The molecule has 2 aromatic rings. The largest absolute Gasteiger partial charge is 0.355 e. The van der Waals surface area contributed by atoms with E-state index in [0.717, 1.165) is 0 Å². The number of hydrogen-bond donors (Lipinski definition) is 2. The molecule has 0 unspecified atom stereocenters. The average molecular weight is 439 g/mol. The van der Waals surface area contributed by atoms with Gasteiger partial charge in [0, 0.05) is 30.0 Å². The van der Waals surface area contributed by atoms with Gasteiger partial charge in [-0.2, -0.15) is 4.98 Å². The van der Waals surface area contributed by atoms with Crippen LogP contribution in [-0.2, 0) is 27.4 Å². The zero-order chi connectivity index (χ0) is 21.3. The number of hydrogen-bond acceptors (Lipinski definition) is 5. The highest BCUT2D eigenvalue weighted by Gasteiger charge is 2.32. The summed E-state index contributed by atoms with van der Waals surface area (Å²) < 4.78 is 27.2. The number of halogens is 2. The van der Waals surface area contributed by atoms with Crippen molar-refractivity contribution in [3.8, 4) is 0 Å². The molecule has 1 aliphatic rings. The van der Waals surface area contributed by atoms with E-state index in [1.807, 2.05) is 13.8 Å². The van der Waals surface area contributed by atoms with Gasteiger partial charge < -0.3 is 10.6 Å². The Bertz CT molecular complexity index is 981. The fourth-order valence-electron chi connectivity index (χ4n) is 3.13. The molecule has 9 heteroatoms. The van der Waals surface area contributed by atoms with Crippen molar-refractivity contribution in [1.82, 2.24) is 15.3 Å². The summed E-state index contributed by atoms with van der Waals surface area (Å²) in [6, 6.07) is 4.54. The molecule has 0 bridgehead atoms. The van der Waals surface area contributed by atoms with E-state index < -0.39 is 22.0 Å². The van der Waals surface area contributed by atoms with E-state index in [-0.39, 0.29) is 11.2 Å². The Morgan fingerprint density at radius 1 is 1.34 bits per heavy atom. The summed E-state index contributed by atoms with van der Waals surface area (Å²) in [6.07, 6.45) is 0.561.